The molecule has 202 valence electrons. The second-order valence-corrected chi connectivity index (χ2v) is 12.7. The Morgan fingerprint density at radius 2 is 1.66 bits per heavy atom. The van der Waals surface area contributed by atoms with Crippen LogP contribution in [0.25, 0.3) is 0 Å². The molecule has 1 N–H and O–H groups in total. The van der Waals surface area contributed by atoms with Crippen molar-refractivity contribution in [3.05, 3.63) is 81.7 Å². The van der Waals surface area contributed by atoms with Crippen LogP contribution in [0.1, 0.15) is 50.6 Å². The largest absolute Gasteiger partial charge is 0.339 e. The lowest BCUT2D eigenvalue weighted by Crippen LogP contribution is -2.33. The first-order chi connectivity index (χ1) is 18.1. The van der Waals surface area contributed by atoms with Gasteiger partial charge in [0, 0.05) is 57.3 Å². The van der Waals surface area contributed by atoms with Crippen LogP contribution in [0.2, 0.25) is 0 Å². The van der Waals surface area contributed by atoms with Gasteiger partial charge in [0.15, 0.2) is 0 Å². The normalized spacial score (nSPS) is 13.8. The molecule has 0 aliphatic carbocycles. The van der Waals surface area contributed by atoms with Gasteiger partial charge < -0.3 is 10.2 Å². The minimum Gasteiger partial charge on any atom is -0.339 e. The average molecular weight is 555 g/mol. The Bertz CT molecular complexity index is 1400. The Hall–Kier alpha value is -3.05. The first-order valence-corrected chi connectivity index (χ1v) is 14.9. The molecule has 3 aromatic rings. The number of thiophene rings is 1. The number of carbonyl (C=O) groups is 2. The van der Waals surface area contributed by atoms with Gasteiger partial charge in [0.2, 0.25) is 10.0 Å². The van der Waals surface area contributed by atoms with Crippen LogP contribution in [-0.2, 0) is 29.5 Å². The fraction of sp³-hybridized carbons (Fsp3) is 0.357. The molecule has 38 heavy (non-hydrogen) atoms. The van der Waals surface area contributed by atoms with Gasteiger partial charge in [-0.1, -0.05) is 30.3 Å². The molecule has 1 aromatic heterocycles. The molecule has 0 saturated carbocycles. The van der Waals surface area contributed by atoms with Gasteiger partial charge in [-0.05, 0) is 55.7 Å². The first kappa shape index (κ1) is 28.0. The van der Waals surface area contributed by atoms with E-state index in [1.165, 1.54) is 55.3 Å². The van der Waals surface area contributed by atoms with Crippen molar-refractivity contribution in [2.75, 3.05) is 39.0 Å². The van der Waals surface area contributed by atoms with E-state index in [2.05, 4.69) is 22.3 Å². The summed E-state index contributed by atoms with van der Waals surface area (Å²) in [7, 11) is -0.668. The monoisotopic (exact) mass is 554 g/mol. The molecular formula is C28H34N4O4S2. The molecule has 4 rings (SSSR count). The summed E-state index contributed by atoms with van der Waals surface area (Å²) in [6.45, 7) is 7.41. The molecule has 2 amide bonds. The summed E-state index contributed by atoms with van der Waals surface area (Å²) < 4.78 is 25.9. The number of carbonyl (C=O) groups excluding carboxylic acids is 2. The van der Waals surface area contributed by atoms with E-state index in [0.717, 1.165) is 34.3 Å². The average Bonchev–Trinajstić information content (AvgIpc) is 3.26. The molecule has 1 aliphatic heterocycles. The molecule has 0 unspecified atom stereocenters. The van der Waals surface area contributed by atoms with Crippen LogP contribution in [0.4, 0.5) is 5.00 Å². The quantitative estimate of drug-likeness (QED) is 0.426. The second-order valence-electron chi connectivity index (χ2n) is 9.40. The van der Waals surface area contributed by atoms with E-state index in [4.69, 9.17) is 0 Å². The summed E-state index contributed by atoms with van der Waals surface area (Å²) >= 11 is 1.45. The lowest BCUT2D eigenvalue weighted by molar-refractivity contribution is 0.0772. The minimum absolute atomic E-state index is 0.0771. The van der Waals surface area contributed by atoms with E-state index in [0.29, 0.717) is 35.8 Å². The Labute approximate surface area is 228 Å². The highest BCUT2D eigenvalue weighted by Gasteiger charge is 2.30. The number of amides is 2. The van der Waals surface area contributed by atoms with Crippen molar-refractivity contribution in [2.45, 2.75) is 38.3 Å². The van der Waals surface area contributed by atoms with E-state index in [1.54, 1.807) is 4.90 Å². The molecule has 8 nitrogen and oxygen atoms in total. The number of sulfonamides is 1. The van der Waals surface area contributed by atoms with E-state index in [-0.39, 0.29) is 16.7 Å². The number of hydrogen-bond acceptors (Lipinski definition) is 6. The van der Waals surface area contributed by atoms with Crippen LogP contribution in [0.15, 0.2) is 59.5 Å². The molecule has 0 fully saturated rings. The summed E-state index contributed by atoms with van der Waals surface area (Å²) in [4.78, 5) is 32.1. The van der Waals surface area contributed by atoms with E-state index in [9.17, 15) is 18.0 Å². The zero-order valence-electron chi connectivity index (χ0n) is 22.2. The van der Waals surface area contributed by atoms with Crippen molar-refractivity contribution in [2.24, 2.45) is 0 Å². The summed E-state index contributed by atoms with van der Waals surface area (Å²) in [5.74, 6) is -0.459. The molecular weight excluding hydrogens is 520 g/mol. The highest BCUT2D eigenvalue weighted by Crippen LogP contribution is 2.38. The smallest absolute Gasteiger partial charge is 0.257 e. The van der Waals surface area contributed by atoms with Crippen LogP contribution in [0.3, 0.4) is 0 Å². The maximum absolute atomic E-state index is 13.6. The predicted molar refractivity (Wildman–Crippen MR) is 151 cm³/mol. The van der Waals surface area contributed by atoms with Crippen LogP contribution >= 0.6 is 11.3 Å². The summed E-state index contributed by atoms with van der Waals surface area (Å²) in [5, 5.41) is 3.51. The number of benzene rings is 2. The van der Waals surface area contributed by atoms with Crippen LogP contribution in [-0.4, -0.2) is 68.1 Å². The Morgan fingerprint density at radius 3 is 2.26 bits per heavy atom. The molecule has 2 aromatic carbocycles. The maximum atomic E-state index is 13.6. The molecule has 1 aliphatic rings. The predicted octanol–water partition coefficient (Wildman–Crippen LogP) is 4.29. The van der Waals surface area contributed by atoms with Crippen molar-refractivity contribution < 1.29 is 18.0 Å². The molecule has 10 heteroatoms. The SMILES string of the molecule is CCN(CC)C(=O)c1c(NC(=O)c2ccc(S(=O)(=O)N(C)C)cc2)sc2c1CCN(Cc1ccccc1)C2. The number of hydrogen-bond donors (Lipinski definition) is 1. The summed E-state index contributed by atoms with van der Waals surface area (Å²) in [6.07, 6.45) is 0.730. The van der Waals surface area contributed by atoms with Crippen LogP contribution in [0, 0.1) is 0 Å². The van der Waals surface area contributed by atoms with Crippen LogP contribution < -0.4 is 5.32 Å². The molecule has 0 spiro atoms. The lowest BCUT2D eigenvalue weighted by atomic mass is 10.0. The standard InChI is InChI=1S/C28H34N4O4S2/c1-5-32(6-2)28(34)25-23-16-17-31(18-20-10-8-7-9-11-20)19-24(23)37-27(25)29-26(33)21-12-14-22(15-13-21)38(35,36)30(3)4/h7-15H,5-6,16-19H2,1-4H3,(H,29,33). The number of nitrogens with zero attached hydrogens (tertiary/aromatic N) is 3. The first-order valence-electron chi connectivity index (χ1n) is 12.7. The topological polar surface area (TPSA) is 90.0 Å². The van der Waals surface area contributed by atoms with Gasteiger partial charge in [0.1, 0.15) is 5.00 Å². The summed E-state index contributed by atoms with van der Waals surface area (Å²) in [6, 6.07) is 16.1. The van der Waals surface area contributed by atoms with Gasteiger partial charge in [0.05, 0.1) is 10.5 Å². The molecule has 0 radical (unpaired) electrons. The molecule has 0 saturated heterocycles. The van der Waals surface area contributed by atoms with Crippen molar-refractivity contribution in [1.82, 2.24) is 14.1 Å². The van der Waals surface area contributed by atoms with Gasteiger partial charge in [-0.2, -0.15) is 0 Å². The number of nitrogens with one attached hydrogen (secondary N) is 1. The highest BCUT2D eigenvalue weighted by atomic mass is 32.2. The third-order valence-corrected chi connectivity index (χ3v) is 9.73. The van der Waals surface area contributed by atoms with Gasteiger partial charge in [-0.3, -0.25) is 14.5 Å². The second kappa shape index (κ2) is 11.8. The minimum atomic E-state index is -3.59. The maximum Gasteiger partial charge on any atom is 0.257 e. The number of rotatable bonds is 9. The number of anilines is 1. The van der Waals surface area contributed by atoms with Gasteiger partial charge in [-0.15, -0.1) is 11.3 Å². The third kappa shape index (κ3) is 5.83. The molecule has 0 bridgehead atoms. The molecule has 0 atom stereocenters. The van der Waals surface area contributed by atoms with Crippen LogP contribution in [0.5, 0.6) is 0 Å². The van der Waals surface area contributed by atoms with Gasteiger partial charge in [0.25, 0.3) is 11.8 Å². The van der Waals surface area contributed by atoms with E-state index < -0.39 is 10.0 Å². The fourth-order valence-corrected chi connectivity index (χ4v) is 6.76. The zero-order chi connectivity index (χ0) is 27.4. The van der Waals surface area contributed by atoms with Crippen molar-refractivity contribution in [3.63, 3.8) is 0 Å². The number of fused-ring (bicyclic) bond motifs is 1. The van der Waals surface area contributed by atoms with Crippen molar-refractivity contribution in [1.29, 1.82) is 0 Å². The van der Waals surface area contributed by atoms with E-state index in [1.807, 2.05) is 32.0 Å². The van der Waals surface area contributed by atoms with E-state index >= 15 is 0 Å². The zero-order valence-corrected chi connectivity index (χ0v) is 23.9. The molecule has 2 heterocycles. The highest BCUT2D eigenvalue weighted by molar-refractivity contribution is 7.89. The van der Waals surface area contributed by atoms with Gasteiger partial charge in [-0.25, -0.2) is 12.7 Å². The fourth-order valence-electron chi connectivity index (χ4n) is 4.58. The third-order valence-electron chi connectivity index (χ3n) is 6.77. The lowest BCUT2D eigenvalue weighted by Gasteiger charge is -2.28. The Balaban J connectivity index is 1.62. The van der Waals surface area contributed by atoms with Crippen molar-refractivity contribution >= 4 is 38.2 Å². The Kier molecular flexibility index (Phi) is 8.67. The summed E-state index contributed by atoms with van der Waals surface area (Å²) in [5.41, 5.74) is 3.15. The van der Waals surface area contributed by atoms with Crippen molar-refractivity contribution in [3.8, 4) is 0 Å². The Morgan fingerprint density at radius 1 is 1.00 bits per heavy atom. The van der Waals surface area contributed by atoms with Gasteiger partial charge >= 0.3 is 0 Å².